The molecular weight excluding hydrogens is 362 g/mol. The van der Waals surface area contributed by atoms with Gasteiger partial charge in [-0.2, -0.15) is 0 Å². The Balaban J connectivity index is 2.60. The van der Waals surface area contributed by atoms with E-state index in [1.165, 1.54) is 13.4 Å². The minimum atomic E-state index is -3.01. The van der Waals surface area contributed by atoms with Crippen molar-refractivity contribution >= 4 is 21.5 Å². The lowest BCUT2D eigenvalue weighted by Crippen LogP contribution is -2.33. The van der Waals surface area contributed by atoms with Gasteiger partial charge < -0.3 is 29.6 Å². The van der Waals surface area contributed by atoms with Crippen LogP contribution in [-0.2, 0) is 14.6 Å². The zero-order valence-electron chi connectivity index (χ0n) is 15.8. The minimum Gasteiger partial charge on any atom is -0.493 e. The summed E-state index contributed by atoms with van der Waals surface area (Å²) >= 11 is 0. The molecule has 0 aliphatic carbocycles. The number of nitrogens with zero attached hydrogens (tertiary/aromatic N) is 1. The third kappa shape index (κ3) is 7.36. The summed E-state index contributed by atoms with van der Waals surface area (Å²) < 4.78 is 43.2. The predicted molar refractivity (Wildman–Crippen MR) is 102 cm³/mol. The molecule has 0 aliphatic rings. The highest BCUT2D eigenvalue weighted by Gasteiger charge is 2.13. The molecule has 0 unspecified atom stereocenters. The third-order valence-electron chi connectivity index (χ3n) is 3.29. The number of aliphatic imine (C=N–C) groups is 1. The fourth-order valence-electron chi connectivity index (χ4n) is 2.02. The van der Waals surface area contributed by atoms with Crippen LogP contribution in [0.3, 0.4) is 0 Å². The van der Waals surface area contributed by atoms with E-state index in [1.807, 2.05) is 0 Å². The van der Waals surface area contributed by atoms with E-state index in [-0.39, 0.29) is 12.4 Å². The fourth-order valence-corrected chi connectivity index (χ4v) is 2.44. The van der Waals surface area contributed by atoms with E-state index >= 15 is 0 Å². The molecule has 0 radical (unpaired) electrons. The van der Waals surface area contributed by atoms with E-state index < -0.39 is 9.84 Å². The summed E-state index contributed by atoms with van der Waals surface area (Å²) in [5.74, 6) is 2.07. The molecule has 2 N–H and O–H groups in total. The molecule has 0 heterocycles. The number of anilines is 1. The number of sulfone groups is 1. The van der Waals surface area contributed by atoms with Gasteiger partial charge in [-0.3, -0.25) is 4.99 Å². The summed E-state index contributed by atoms with van der Waals surface area (Å²) in [6, 6.07) is 3.52. The summed E-state index contributed by atoms with van der Waals surface area (Å²) in [5, 5.41) is 6.19. The predicted octanol–water partition coefficient (Wildman–Crippen LogP) is 0.761. The van der Waals surface area contributed by atoms with Crippen LogP contribution in [0.25, 0.3) is 0 Å². The standard InChI is InChI=1S/C16H27N3O6S/c1-17-16(18-6-7-25-8-9-26(5,20)21)19-12-10-13(22-2)15(24-4)14(11-12)23-3/h10-11H,6-9H2,1-5H3,(H2,17,18,19). The van der Waals surface area contributed by atoms with Crippen LogP contribution in [0, 0.1) is 0 Å². The molecule has 0 amide bonds. The van der Waals surface area contributed by atoms with Crippen LogP contribution in [0.1, 0.15) is 0 Å². The van der Waals surface area contributed by atoms with Gasteiger partial charge in [0.1, 0.15) is 9.84 Å². The van der Waals surface area contributed by atoms with E-state index in [0.29, 0.717) is 42.0 Å². The normalized spacial score (nSPS) is 11.8. The summed E-state index contributed by atoms with van der Waals surface area (Å²) in [5.41, 5.74) is 0.700. The summed E-state index contributed by atoms with van der Waals surface area (Å²) in [4.78, 5) is 4.12. The van der Waals surface area contributed by atoms with Gasteiger partial charge >= 0.3 is 0 Å². The van der Waals surface area contributed by atoms with Gasteiger partial charge in [0, 0.05) is 37.7 Å². The van der Waals surface area contributed by atoms with Gasteiger partial charge in [-0.05, 0) is 0 Å². The average Bonchev–Trinajstić information content (AvgIpc) is 2.61. The maximum Gasteiger partial charge on any atom is 0.203 e. The van der Waals surface area contributed by atoms with Crippen molar-refractivity contribution in [3.63, 3.8) is 0 Å². The van der Waals surface area contributed by atoms with Gasteiger partial charge in [0.15, 0.2) is 17.5 Å². The SMILES string of the molecule is CN=C(NCCOCCS(C)(=O)=O)Nc1cc(OC)c(OC)c(OC)c1. The Hall–Kier alpha value is -2.20. The quantitative estimate of drug-likeness (QED) is 0.343. The molecule has 1 aromatic carbocycles. The van der Waals surface area contributed by atoms with Crippen LogP contribution in [0.2, 0.25) is 0 Å². The molecule has 148 valence electrons. The van der Waals surface area contributed by atoms with Crippen molar-refractivity contribution in [3.8, 4) is 17.2 Å². The first-order valence-corrected chi connectivity index (χ1v) is 9.93. The molecule has 9 nitrogen and oxygen atoms in total. The molecule has 0 aliphatic heterocycles. The Morgan fingerprint density at radius 1 is 1.08 bits per heavy atom. The second kappa shape index (κ2) is 10.7. The average molecular weight is 389 g/mol. The van der Waals surface area contributed by atoms with Crippen molar-refractivity contribution in [2.45, 2.75) is 0 Å². The molecule has 1 aromatic rings. The number of nitrogens with one attached hydrogen (secondary N) is 2. The topological polar surface area (TPSA) is 107 Å². The molecule has 0 spiro atoms. The van der Waals surface area contributed by atoms with E-state index in [9.17, 15) is 8.42 Å². The smallest absolute Gasteiger partial charge is 0.203 e. The highest BCUT2D eigenvalue weighted by molar-refractivity contribution is 7.90. The van der Waals surface area contributed by atoms with Gasteiger partial charge in [-0.25, -0.2) is 8.42 Å². The van der Waals surface area contributed by atoms with Crippen molar-refractivity contribution in [1.29, 1.82) is 0 Å². The van der Waals surface area contributed by atoms with E-state index in [2.05, 4.69) is 15.6 Å². The number of hydrogen-bond acceptors (Lipinski definition) is 7. The Kier molecular flexibility index (Phi) is 9.00. The molecular formula is C16H27N3O6S. The Morgan fingerprint density at radius 3 is 2.15 bits per heavy atom. The van der Waals surface area contributed by atoms with Crippen LogP contribution >= 0.6 is 0 Å². The maximum absolute atomic E-state index is 11.0. The van der Waals surface area contributed by atoms with Crippen LogP contribution in [0.4, 0.5) is 5.69 Å². The Labute approximate surface area is 154 Å². The van der Waals surface area contributed by atoms with Gasteiger partial charge in [-0.1, -0.05) is 0 Å². The molecule has 10 heteroatoms. The highest BCUT2D eigenvalue weighted by Crippen LogP contribution is 2.39. The van der Waals surface area contributed by atoms with Crippen molar-refractivity contribution in [2.75, 3.05) is 65.5 Å². The zero-order chi connectivity index (χ0) is 19.6. The minimum absolute atomic E-state index is 0.00537. The second-order valence-electron chi connectivity index (χ2n) is 5.28. The van der Waals surface area contributed by atoms with Crippen LogP contribution in [-0.4, -0.2) is 74.5 Å². The first-order chi connectivity index (χ1) is 12.3. The Bertz CT molecular complexity index is 681. The number of methoxy groups -OCH3 is 3. The van der Waals surface area contributed by atoms with Gasteiger partial charge in [0.05, 0.1) is 40.3 Å². The Morgan fingerprint density at radius 2 is 1.69 bits per heavy atom. The molecule has 26 heavy (non-hydrogen) atoms. The first-order valence-electron chi connectivity index (χ1n) is 7.87. The fraction of sp³-hybridized carbons (Fsp3) is 0.562. The van der Waals surface area contributed by atoms with Gasteiger partial charge in [0.25, 0.3) is 0 Å². The lowest BCUT2D eigenvalue weighted by Gasteiger charge is -2.16. The van der Waals surface area contributed by atoms with Crippen molar-refractivity contribution in [3.05, 3.63) is 12.1 Å². The molecule has 0 atom stereocenters. The number of guanidine groups is 1. The third-order valence-corrected chi connectivity index (χ3v) is 4.20. The van der Waals surface area contributed by atoms with Crippen molar-refractivity contribution in [1.82, 2.24) is 5.32 Å². The summed E-state index contributed by atoms with van der Waals surface area (Å²) in [7, 11) is 3.26. The van der Waals surface area contributed by atoms with E-state index in [1.54, 1.807) is 33.4 Å². The highest BCUT2D eigenvalue weighted by atomic mass is 32.2. The van der Waals surface area contributed by atoms with E-state index in [0.717, 1.165) is 0 Å². The number of benzene rings is 1. The maximum atomic E-state index is 11.0. The monoisotopic (exact) mass is 389 g/mol. The summed E-state index contributed by atoms with van der Waals surface area (Å²) in [6.45, 7) is 0.985. The number of rotatable bonds is 10. The van der Waals surface area contributed by atoms with Crippen molar-refractivity contribution < 1.29 is 27.4 Å². The van der Waals surface area contributed by atoms with E-state index in [4.69, 9.17) is 18.9 Å². The second-order valence-corrected chi connectivity index (χ2v) is 7.54. The molecule has 0 bridgehead atoms. The van der Waals surface area contributed by atoms with Gasteiger partial charge in [0.2, 0.25) is 5.75 Å². The van der Waals surface area contributed by atoms with Crippen molar-refractivity contribution in [2.24, 2.45) is 4.99 Å². The molecule has 0 saturated heterocycles. The van der Waals surface area contributed by atoms with Crippen LogP contribution in [0.5, 0.6) is 17.2 Å². The zero-order valence-corrected chi connectivity index (χ0v) is 16.6. The number of ether oxygens (including phenoxy) is 4. The lowest BCUT2D eigenvalue weighted by molar-refractivity contribution is 0.154. The van der Waals surface area contributed by atoms with Crippen LogP contribution < -0.4 is 24.8 Å². The largest absolute Gasteiger partial charge is 0.493 e. The molecule has 0 saturated carbocycles. The molecule has 0 fully saturated rings. The number of hydrogen-bond donors (Lipinski definition) is 2. The lowest BCUT2D eigenvalue weighted by atomic mass is 10.2. The summed E-state index contributed by atoms with van der Waals surface area (Å²) in [6.07, 6.45) is 1.18. The first kappa shape index (κ1) is 21.8. The molecule has 0 aromatic heterocycles. The molecule has 1 rings (SSSR count). The van der Waals surface area contributed by atoms with Crippen LogP contribution in [0.15, 0.2) is 17.1 Å². The van der Waals surface area contributed by atoms with Gasteiger partial charge in [-0.15, -0.1) is 0 Å².